The average Bonchev–Trinajstić information content (AvgIpc) is 3.29. The molecule has 2 aromatic rings. The maximum Gasteiger partial charge on any atom is 0.223 e. The van der Waals surface area contributed by atoms with Gasteiger partial charge in [-0.2, -0.15) is 10.4 Å². The molecule has 152 valence electrons. The van der Waals surface area contributed by atoms with Gasteiger partial charge in [0.25, 0.3) is 0 Å². The van der Waals surface area contributed by atoms with Gasteiger partial charge in [0.15, 0.2) is 5.82 Å². The maximum atomic E-state index is 10.2. The van der Waals surface area contributed by atoms with Crippen molar-refractivity contribution in [3.63, 3.8) is 0 Å². The molecule has 3 atom stereocenters. The number of nitriles is 1. The molecule has 0 saturated carbocycles. The summed E-state index contributed by atoms with van der Waals surface area (Å²) < 4.78 is 19.8. The van der Waals surface area contributed by atoms with Crippen LogP contribution in [0, 0.1) is 11.3 Å². The molecule has 3 rings (SSSR count). The number of rotatable bonds is 10. The van der Waals surface area contributed by atoms with Crippen LogP contribution >= 0.6 is 0 Å². The molecule has 0 amide bonds. The third-order valence-electron chi connectivity index (χ3n) is 5.07. The van der Waals surface area contributed by atoms with Gasteiger partial charge < -0.3 is 19.9 Å². The third kappa shape index (κ3) is 3.97. The zero-order valence-corrected chi connectivity index (χ0v) is 16.6. The molecule has 0 bridgehead atoms. The summed E-state index contributed by atoms with van der Waals surface area (Å²) in [4.78, 5) is 4.02. The first-order valence-corrected chi connectivity index (χ1v) is 10.0. The number of hydrogen-bond acceptors (Lipinski definition) is 7. The van der Waals surface area contributed by atoms with Crippen molar-refractivity contribution in [1.82, 2.24) is 14.6 Å². The Kier molecular flexibility index (Phi) is 6.83. The lowest BCUT2D eigenvalue weighted by Gasteiger charge is -2.27. The Labute approximate surface area is 165 Å². The number of aromatic nitrogens is 3. The highest BCUT2D eigenvalue weighted by Gasteiger charge is 2.53. The Balaban J connectivity index is 1.89. The first kappa shape index (κ1) is 20.5. The number of hydrogen-bond donors (Lipinski definition) is 1. The molecule has 1 aliphatic rings. The van der Waals surface area contributed by atoms with Gasteiger partial charge in [-0.15, -0.1) is 0 Å². The molecule has 1 unspecified atom stereocenters. The van der Waals surface area contributed by atoms with Crippen LogP contribution in [0.4, 0.5) is 5.82 Å². The summed E-state index contributed by atoms with van der Waals surface area (Å²) in [6.45, 7) is 5.94. The molecule has 8 nitrogen and oxygen atoms in total. The Morgan fingerprint density at radius 2 is 2.11 bits per heavy atom. The Morgan fingerprint density at radius 1 is 1.32 bits per heavy atom. The molecule has 8 heteroatoms. The molecular formula is C20H29N5O3. The van der Waals surface area contributed by atoms with Gasteiger partial charge >= 0.3 is 0 Å². The average molecular weight is 387 g/mol. The van der Waals surface area contributed by atoms with E-state index in [4.69, 9.17) is 19.9 Å². The molecule has 0 radical (unpaired) electrons. The lowest BCUT2D eigenvalue weighted by atomic mass is 9.94. The predicted octanol–water partition coefficient (Wildman–Crippen LogP) is 2.82. The molecule has 1 aliphatic heterocycles. The van der Waals surface area contributed by atoms with Gasteiger partial charge in [-0.25, -0.2) is 9.50 Å². The Hall–Kier alpha value is -2.21. The number of ether oxygens (including phenoxy) is 3. The molecular weight excluding hydrogens is 358 g/mol. The monoisotopic (exact) mass is 387 g/mol. The second-order valence-electron chi connectivity index (χ2n) is 7.13. The van der Waals surface area contributed by atoms with Gasteiger partial charge in [-0.3, -0.25) is 0 Å². The standard InChI is InChI=1S/C20H29N5O3/c1-3-5-9-26-12-15-11-18(27-10-6-4-2)20(13-21,28-15)17-8-7-16-19(22)23-14-24-25(16)17/h7-8,14-15,18H,3-6,9-12H2,1-2H3,(H2,22,23,24)/t15-,18+,20?/m0/s1. The van der Waals surface area contributed by atoms with E-state index in [2.05, 4.69) is 30.0 Å². The minimum atomic E-state index is -1.26. The van der Waals surface area contributed by atoms with Crippen LogP contribution in [0.1, 0.15) is 51.6 Å². The van der Waals surface area contributed by atoms with Crippen LogP contribution in [0.15, 0.2) is 18.5 Å². The second kappa shape index (κ2) is 9.32. The zero-order valence-electron chi connectivity index (χ0n) is 16.6. The SMILES string of the molecule is CCCCOC[C@@H]1C[C@@H](OCCCC)C(C#N)(c2ccc3c(N)ncnn23)O1. The summed E-state index contributed by atoms with van der Waals surface area (Å²) in [5.74, 6) is 0.357. The van der Waals surface area contributed by atoms with Crippen molar-refractivity contribution in [3.8, 4) is 6.07 Å². The quantitative estimate of drug-likeness (QED) is 0.625. The Morgan fingerprint density at radius 3 is 2.86 bits per heavy atom. The van der Waals surface area contributed by atoms with Crippen molar-refractivity contribution in [2.24, 2.45) is 0 Å². The maximum absolute atomic E-state index is 10.2. The van der Waals surface area contributed by atoms with Crippen LogP contribution in [0.2, 0.25) is 0 Å². The number of nitrogens with two attached hydrogens (primary N) is 1. The highest BCUT2D eigenvalue weighted by Crippen LogP contribution is 2.42. The highest BCUT2D eigenvalue weighted by molar-refractivity contribution is 5.66. The molecule has 3 heterocycles. The largest absolute Gasteiger partial charge is 0.382 e. The van der Waals surface area contributed by atoms with E-state index in [9.17, 15) is 5.26 Å². The fourth-order valence-electron chi connectivity index (χ4n) is 3.53. The normalized spacial score (nSPS) is 24.6. The summed E-state index contributed by atoms with van der Waals surface area (Å²) in [6.07, 6.45) is 5.39. The first-order valence-electron chi connectivity index (χ1n) is 10.0. The molecule has 0 spiro atoms. The molecule has 28 heavy (non-hydrogen) atoms. The van der Waals surface area contributed by atoms with E-state index < -0.39 is 11.7 Å². The number of nitrogens with zero attached hydrogens (tertiary/aromatic N) is 4. The van der Waals surface area contributed by atoms with Crippen LogP contribution < -0.4 is 5.73 Å². The number of anilines is 1. The van der Waals surface area contributed by atoms with E-state index >= 15 is 0 Å². The van der Waals surface area contributed by atoms with E-state index in [0.29, 0.717) is 43.3 Å². The van der Waals surface area contributed by atoms with Gasteiger partial charge in [0, 0.05) is 19.6 Å². The van der Waals surface area contributed by atoms with E-state index in [0.717, 1.165) is 25.7 Å². The lowest BCUT2D eigenvalue weighted by molar-refractivity contribution is -0.0891. The minimum Gasteiger partial charge on any atom is -0.382 e. The summed E-state index contributed by atoms with van der Waals surface area (Å²) in [6, 6.07) is 6.00. The second-order valence-corrected chi connectivity index (χ2v) is 7.13. The number of fused-ring (bicyclic) bond motifs is 1. The predicted molar refractivity (Wildman–Crippen MR) is 105 cm³/mol. The highest BCUT2D eigenvalue weighted by atomic mass is 16.6. The smallest absolute Gasteiger partial charge is 0.223 e. The summed E-state index contributed by atoms with van der Waals surface area (Å²) in [7, 11) is 0. The van der Waals surface area contributed by atoms with E-state index in [-0.39, 0.29) is 6.10 Å². The summed E-state index contributed by atoms with van der Waals surface area (Å²) in [5, 5.41) is 14.5. The zero-order chi connectivity index (χ0) is 20.0. The van der Waals surface area contributed by atoms with Crippen molar-refractivity contribution in [2.75, 3.05) is 25.6 Å². The minimum absolute atomic E-state index is 0.215. The van der Waals surface area contributed by atoms with Crippen molar-refractivity contribution in [1.29, 1.82) is 5.26 Å². The van der Waals surface area contributed by atoms with Crippen LogP contribution in [-0.2, 0) is 19.8 Å². The number of unbranched alkanes of at least 4 members (excludes halogenated alkanes) is 2. The molecule has 0 aromatic carbocycles. The van der Waals surface area contributed by atoms with Gasteiger partial charge in [-0.1, -0.05) is 26.7 Å². The van der Waals surface area contributed by atoms with Crippen LogP contribution in [0.25, 0.3) is 5.52 Å². The van der Waals surface area contributed by atoms with Crippen molar-refractivity contribution < 1.29 is 14.2 Å². The fraction of sp³-hybridized carbons (Fsp3) is 0.650. The van der Waals surface area contributed by atoms with Crippen molar-refractivity contribution in [3.05, 3.63) is 24.2 Å². The lowest BCUT2D eigenvalue weighted by Crippen LogP contribution is -2.38. The van der Waals surface area contributed by atoms with Crippen LogP contribution in [0.3, 0.4) is 0 Å². The van der Waals surface area contributed by atoms with E-state index in [1.807, 2.05) is 6.07 Å². The van der Waals surface area contributed by atoms with Gasteiger partial charge in [0.05, 0.1) is 18.4 Å². The molecule has 2 aromatic heterocycles. The molecule has 1 saturated heterocycles. The van der Waals surface area contributed by atoms with E-state index in [1.54, 1.807) is 10.6 Å². The topological polar surface area (TPSA) is 108 Å². The van der Waals surface area contributed by atoms with Crippen molar-refractivity contribution in [2.45, 2.75) is 63.8 Å². The van der Waals surface area contributed by atoms with E-state index in [1.165, 1.54) is 6.33 Å². The van der Waals surface area contributed by atoms with Gasteiger partial charge in [-0.05, 0) is 25.0 Å². The summed E-state index contributed by atoms with van der Waals surface area (Å²) >= 11 is 0. The van der Waals surface area contributed by atoms with Crippen molar-refractivity contribution >= 4 is 11.3 Å². The molecule has 0 aliphatic carbocycles. The Bertz CT molecular complexity index is 818. The first-order chi connectivity index (χ1) is 13.7. The third-order valence-corrected chi connectivity index (χ3v) is 5.07. The summed E-state index contributed by atoms with van der Waals surface area (Å²) in [5.41, 5.74) is 5.95. The van der Waals surface area contributed by atoms with Gasteiger partial charge in [0.1, 0.15) is 24.0 Å². The molecule has 1 fully saturated rings. The molecule has 2 N–H and O–H groups in total. The van der Waals surface area contributed by atoms with Crippen LogP contribution in [0.5, 0.6) is 0 Å². The number of nitrogen functional groups attached to an aromatic ring is 1. The van der Waals surface area contributed by atoms with Crippen LogP contribution in [-0.4, -0.2) is 46.6 Å². The fourth-order valence-corrected chi connectivity index (χ4v) is 3.53. The van der Waals surface area contributed by atoms with Gasteiger partial charge in [0.2, 0.25) is 5.60 Å².